The summed E-state index contributed by atoms with van der Waals surface area (Å²) < 4.78 is 4.83. The highest BCUT2D eigenvalue weighted by Crippen LogP contribution is 2.10. The van der Waals surface area contributed by atoms with Gasteiger partial charge in [0.25, 0.3) is 5.91 Å². The van der Waals surface area contributed by atoms with Crippen LogP contribution in [0.3, 0.4) is 0 Å². The fraction of sp³-hybridized carbons (Fsp3) is 0.800. The summed E-state index contributed by atoms with van der Waals surface area (Å²) in [4.78, 5) is 22.3. The van der Waals surface area contributed by atoms with E-state index in [4.69, 9.17) is 10.5 Å². The Morgan fingerprint density at radius 3 is 1.87 bits per heavy atom. The van der Waals surface area contributed by atoms with Gasteiger partial charge in [0.2, 0.25) is 0 Å². The van der Waals surface area contributed by atoms with Crippen molar-refractivity contribution in [2.24, 2.45) is 17.6 Å². The van der Waals surface area contributed by atoms with Crippen LogP contribution in [-0.4, -0.2) is 29.2 Å². The van der Waals surface area contributed by atoms with Crippen LogP contribution in [0.2, 0.25) is 0 Å². The van der Waals surface area contributed by atoms with Gasteiger partial charge in [-0.05, 0) is 11.8 Å². The summed E-state index contributed by atoms with van der Waals surface area (Å²) in [5, 5.41) is 9.38. The number of primary amides is 1. The number of rotatable bonds is 5. The van der Waals surface area contributed by atoms with Gasteiger partial charge in [-0.1, -0.05) is 27.7 Å². The molecule has 5 heteroatoms. The second-order valence-electron chi connectivity index (χ2n) is 4.19. The molecular weight excluding hydrogens is 198 g/mol. The maximum Gasteiger partial charge on any atom is 0.336 e. The van der Waals surface area contributed by atoms with Crippen LogP contribution in [0.25, 0.3) is 0 Å². The van der Waals surface area contributed by atoms with Gasteiger partial charge in [-0.3, -0.25) is 4.79 Å². The van der Waals surface area contributed by atoms with Gasteiger partial charge in [0.1, 0.15) is 0 Å². The molecular formula is C10H19NO4. The van der Waals surface area contributed by atoms with Crippen LogP contribution in [0.4, 0.5) is 0 Å². The van der Waals surface area contributed by atoms with Gasteiger partial charge in [0.05, 0.1) is 0 Å². The summed E-state index contributed by atoms with van der Waals surface area (Å²) in [6.45, 7) is 6.79. The molecule has 0 heterocycles. The molecule has 3 N–H and O–H groups in total. The standard InChI is InChI=1S/C10H19NO4/c1-5(2)7(12)10(14)15-8(6(3)4)9(11)13/h5-8,12H,1-4H3,(H2,11,13). The fourth-order valence-electron chi connectivity index (χ4n) is 0.990. The topological polar surface area (TPSA) is 89.6 Å². The lowest BCUT2D eigenvalue weighted by molar-refractivity contribution is -0.167. The molecule has 0 saturated carbocycles. The van der Waals surface area contributed by atoms with Crippen molar-refractivity contribution >= 4 is 11.9 Å². The lowest BCUT2D eigenvalue weighted by Gasteiger charge is -2.21. The average molecular weight is 217 g/mol. The first-order chi connectivity index (χ1) is 6.77. The van der Waals surface area contributed by atoms with Gasteiger partial charge in [-0.2, -0.15) is 0 Å². The molecule has 0 spiro atoms. The summed E-state index contributed by atoms with van der Waals surface area (Å²) in [5.74, 6) is -1.96. The zero-order valence-corrected chi connectivity index (χ0v) is 9.56. The maximum absolute atomic E-state index is 11.3. The third-order valence-electron chi connectivity index (χ3n) is 2.00. The van der Waals surface area contributed by atoms with Crippen molar-refractivity contribution in [3.8, 4) is 0 Å². The van der Waals surface area contributed by atoms with E-state index in [1.54, 1.807) is 27.7 Å². The van der Waals surface area contributed by atoms with E-state index in [1.165, 1.54) is 0 Å². The smallest absolute Gasteiger partial charge is 0.336 e. The van der Waals surface area contributed by atoms with E-state index in [-0.39, 0.29) is 11.8 Å². The van der Waals surface area contributed by atoms with Gasteiger partial charge in [-0.15, -0.1) is 0 Å². The van der Waals surface area contributed by atoms with Crippen molar-refractivity contribution in [2.75, 3.05) is 0 Å². The third kappa shape index (κ3) is 4.29. The van der Waals surface area contributed by atoms with E-state index in [0.29, 0.717) is 0 Å². The van der Waals surface area contributed by atoms with Gasteiger partial charge in [0, 0.05) is 0 Å². The van der Waals surface area contributed by atoms with Crippen molar-refractivity contribution < 1.29 is 19.4 Å². The molecule has 0 radical (unpaired) electrons. The Kier molecular flexibility index (Phi) is 5.28. The van der Waals surface area contributed by atoms with Crippen LogP contribution in [0, 0.1) is 11.8 Å². The number of ether oxygens (including phenoxy) is 1. The molecule has 0 aromatic heterocycles. The third-order valence-corrected chi connectivity index (χ3v) is 2.00. The van der Waals surface area contributed by atoms with Gasteiger partial charge in [0.15, 0.2) is 12.2 Å². The minimum Gasteiger partial charge on any atom is -0.450 e. The van der Waals surface area contributed by atoms with Crippen molar-refractivity contribution in [3.05, 3.63) is 0 Å². The normalized spacial score (nSPS) is 15.1. The monoisotopic (exact) mass is 217 g/mol. The molecule has 0 bridgehead atoms. The largest absolute Gasteiger partial charge is 0.450 e. The number of carbonyl (C=O) groups excluding carboxylic acids is 2. The number of aliphatic hydroxyl groups excluding tert-OH is 1. The number of esters is 1. The van der Waals surface area contributed by atoms with Gasteiger partial charge >= 0.3 is 5.97 Å². The van der Waals surface area contributed by atoms with Crippen molar-refractivity contribution in [2.45, 2.75) is 39.9 Å². The average Bonchev–Trinajstić information content (AvgIpc) is 2.11. The van der Waals surface area contributed by atoms with Gasteiger partial charge in [-0.25, -0.2) is 4.79 Å². The first kappa shape index (κ1) is 13.9. The Labute approximate surface area is 89.6 Å². The summed E-state index contributed by atoms with van der Waals surface area (Å²) in [6.07, 6.45) is -2.20. The Morgan fingerprint density at radius 1 is 1.13 bits per heavy atom. The lowest BCUT2D eigenvalue weighted by atomic mass is 10.1. The summed E-state index contributed by atoms with van der Waals surface area (Å²) in [7, 11) is 0. The molecule has 0 aromatic rings. The predicted molar refractivity (Wildman–Crippen MR) is 54.8 cm³/mol. The Morgan fingerprint density at radius 2 is 1.60 bits per heavy atom. The lowest BCUT2D eigenvalue weighted by Crippen LogP contribution is -2.41. The molecule has 2 atom stereocenters. The number of aliphatic hydroxyl groups is 1. The first-order valence-electron chi connectivity index (χ1n) is 4.95. The Hall–Kier alpha value is -1.10. The highest BCUT2D eigenvalue weighted by Gasteiger charge is 2.28. The number of amides is 1. The van der Waals surface area contributed by atoms with Gasteiger partial charge < -0.3 is 15.6 Å². The quantitative estimate of drug-likeness (QED) is 0.637. The summed E-state index contributed by atoms with van der Waals surface area (Å²) in [5.41, 5.74) is 5.06. The summed E-state index contributed by atoms with van der Waals surface area (Å²) in [6, 6.07) is 0. The zero-order valence-electron chi connectivity index (χ0n) is 9.56. The Bertz CT molecular complexity index is 238. The van der Waals surface area contributed by atoms with E-state index < -0.39 is 24.1 Å². The maximum atomic E-state index is 11.3. The first-order valence-corrected chi connectivity index (χ1v) is 4.95. The number of hydrogen-bond acceptors (Lipinski definition) is 4. The molecule has 0 rings (SSSR count). The van der Waals surface area contributed by atoms with E-state index in [9.17, 15) is 14.7 Å². The van der Waals surface area contributed by atoms with E-state index >= 15 is 0 Å². The zero-order chi connectivity index (χ0) is 12.2. The number of carbonyl (C=O) groups is 2. The minimum absolute atomic E-state index is 0.203. The van der Waals surface area contributed by atoms with E-state index in [2.05, 4.69) is 0 Å². The van der Waals surface area contributed by atoms with Crippen molar-refractivity contribution in [3.63, 3.8) is 0 Å². The molecule has 5 nitrogen and oxygen atoms in total. The predicted octanol–water partition coefficient (Wildman–Crippen LogP) is 0.0564. The molecule has 0 aliphatic heterocycles. The van der Waals surface area contributed by atoms with Crippen LogP contribution in [0.1, 0.15) is 27.7 Å². The molecule has 88 valence electrons. The molecule has 0 saturated heterocycles. The SMILES string of the molecule is CC(C)C(O)C(=O)OC(C(N)=O)C(C)C. The van der Waals surface area contributed by atoms with Crippen molar-refractivity contribution in [1.82, 2.24) is 0 Å². The van der Waals surface area contributed by atoms with Crippen LogP contribution in [0.5, 0.6) is 0 Å². The summed E-state index contributed by atoms with van der Waals surface area (Å²) >= 11 is 0. The van der Waals surface area contributed by atoms with Crippen molar-refractivity contribution in [1.29, 1.82) is 0 Å². The molecule has 15 heavy (non-hydrogen) atoms. The highest BCUT2D eigenvalue weighted by molar-refractivity contribution is 5.83. The van der Waals surface area contributed by atoms with Crippen LogP contribution in [-0.2, 0) is 14.3 Å². The van der Waals surface area contributed by atoms with E-state index in [1.807, 2.05) is 0 Å². The second-order valence-corrected chi connectivity index (χ2v) is 4.19. The number of hydrogen-bond donors (Lipinski definition) is 2. The molecule has 0 aromatic carbocycles. The number of nitrogens with two attached hydrogens (primary N) is 1. The highest BCUT2D eigenvalue weighted by atomic mass is 16.6. The fourth-order valence-corrected chi connectivity index (χ4v) is 0.990. The minimum atomic E-state index is -1.22. The molecule has 1 amide bonds. The van der Waals surface area contributed by atoms with Crippen LogP contribution in [0.15, 0.2) is 0 Å². The Balaban J connectivity index is 4.43. The van der Waals surface area contributed by atoms with Crippen LogP contribution >= 0.6 is 0 Å². The van der Waals surface area contributed by atoms with Crippen LogP contribution < -0.4 is 5.73 Å². The molecule has 0 aliphatic carbocycles. The molecule has 0 aliphatic rings. The molecule has 0 fully saturated rings. The second kappa shape index (κ2) is 5.70. The molecule has 2 unspecified atom stereocenters. The van der Waals surface area contributed by atoms with E-state index in [0.717, 1.165) is 0 Å².